The van der Waals surface area contributed by atoms with Crippen LogP contribution in [0.25, 0.3) is 0 Å². The molecule has 308 valence electrons. The third-order valence-electron chi connectivity index (χ3n) is 10.1. The molecule has 0 N–H and O–H groups in total. The third kappa shape index (κ3) is 31.1. The summed E-state index contributed by atoms with van der Waals surface area (Å²) in [4.78, 5) is 0. The SMILES string of the molecule is CCCC/C=C\CCCCCCCC/C=C\CCC(OCc1ccccc1)OC(CC/C=C\CCCCCCCC/C=C\CCCC)OCc1ccccc1. The quantitative estimate of drug-likeness (QED) is 0.0388. The van der Waals surface area contributed by atoms with Crippen molar-refractivity contribution in [1.82, 2.24) is 0 Å². The monoisotopic (exact) mass is 755 g/mol. The average Bonchev–Trinajstić information content (AvgIpc) is 3.22. The van der Waals surface area contributed by atoms with Gasteiger partial charge >= 0.3 is 0 Å². The summed E-state index contributed by atoms with van der Waals surface area (Å²) in [5.74, 6) is 0. The molecular weight excluding hydrogens is 673 g/mol. The molecule has 0 radical (unpaired) electrons. The second-order valence-corrected chi connectivity index (χ2v) is 15.3. The summed E-state index contributed by atoms with van der Waals surface area (Å²) in [6.45, 7) is 5.59. The molecule has 55 heavy (non-hydrogen) atoms. The first-order chi connectivity index (χ1) is 27.3. The van der Waals surface area contributed by atoms with Gasteiger partial charge in [-0.25, -0.2) is 0 Å². The van der Waals surface area contributed by atoms with E-state index in [9.17, 15) is 0 Å². The van der Waals surface area contributed by atoms with Gasteiger partial charge in [0.25, 0.3) is 0 Å². The maximum atomic E-state index is 6.62. The van der Waals surface area contributed by atoms with Gasteiger partial charge in [-0.15, -0.1) is 0 Å². The normalized spacial score (nSPS) is 13.3. The van der Waals surface area contributed by atoms with Crippen LogP contribution in [-0.2, 0) is 27.4 Å². The Morgan fingerprint density at radius 1 is 0.364 bits per heavy atom. The molecule has 0 amide bonds. The van der Waals surface area contributed by atoms with E-state index in [2.05, 4.69) is 111 Å². The highest BCUT2D eigenvalue weighted by atomic mass is 16.8. The van der Waals surface area contributed by atoms with Crippen LogP contribution in [0.15, 0.2) is 109 Å². The van der Waals surface area contributed by atoms with Crippen LogP contribution in [0.3, 0.4) is 0 Å². The first-order valence-corrected chi connectivity index (χ1v) is 22.9. The third-order valence-corrected chi connectivity index (χ3v) is 10.1. The number of ether oxygens (including phenoxy) is 3. The van der Waals surface area contributed by atoms with Crippen LogP contribution in [0.2, 0.25) is 0 Å². The van der Waals surface area contributed by atoms with E-state index in [4.69, 9.17) is 14.2 Å². The number of unbranched alkanes of at least 4 members (excludes halogenated alkanes) is 18. The Bertz CT molecular complexity index is 1090. The molecule has 3 heteroatoms. The number of hydrogen-bond donors (Lipinski definition) is 0. The molecule has 2 unspecified atom stereocenters. The Hall–Kier alpha value is -2.72. The van der Waals surface area contributed by atoms with Crippen molar-refractivity contribution in [2.75, 3.05) is 0 Å². The lowest BCUT2D eigenvalue weighted by Crippen LogP contribution is -2.27. The molecule has 2 aromatic rings. The van der Waals surface area contributed by atoms with Gasteiger partial charge in [-0.2, -0.15) is 0 Å². The van der Waals surface area contributed by atoms with E-state index in [0.29, 0.717) is 13.2 Å². The van der Waals surface area contributed by atoms with Crippen LogP contribution in [0.5, 0.6) is 0 Å². The van der Waals surface area contributed by atoms with E-state index in [1.165, 1.54) is 128 Å². The molecule has 2 rings (SSSR count). The minimum absolute atomic E-state index is 0.326. The van der Waals surface area contributed by atoms with Crippen LogP contribution in [0.4, 0.5) is 0 Å². The van der Waals surface area contributed by atoms with Crippen molar-refractivity contribution >= 4 is 0 Å². The minimum atomic E-state index is -0.326. The summed E-state index contributed by atoms with van der Waals surface area (Å²) in [5, 5.41) is 0. The largest absolute Gasteiger partial charge is 0.348 e. The highest BCUT2D eigenvalue weighted by Crippen LogP contribution is 2.18. The van der Waals surface area contributed by atoms with Crippen molar-refractivity contribution in [3.05, 3.63) is 120 Å². The van der Waals surface area contributed by atoms with Gasteiger partial charge in [-0.3, -0.25) is 0 Å². The van der Waals surface area contributed by atoms with Crippen molar-refractivity contribution < 1.29 is 14.2 Å². The maximum absolute atomic E-state index is 6.62. The molecule has 0 spiro atoms. The summed E-state index contributed by atoms with van der Waals surface area (Å²) < 4.78 is 19.4. The second-order valence-electron chi connectivity index (χ2n) is 15.3. The Morgan fingerprint density at radius 3 is 0.982 bits per heavy atom. The Balaban J connectivity index is 1.74. The van der Waals surface area contributed by atoms with Crippen molar-refractivity contribution in [2.45, 2.75) is 207 Å². The Morgan fingerprint density at radius 2 is 0.655 bits per heavy atom. The van der Waals surface area contributed by atoms with E-state index >= 15 is 0 Å². The zero-order valence-electron chi connectivity index (χ0n) is 35.6. The van der Waals surface area contributed by atoms with Gasteiger partial charge in [0.2, 0.25) is 0 Å². The highest BCUT2D eigenvalue weighted by molar-refractivity contribution is 5.14. The van der Waals surface area contributed by atoms with E-state index in [-0.39, 0.29) is 12.6 Å². The fourth-order valence-corrected chi connectivity index (χ4v) is 6.59. The molecule has 3 nitrogen and oxygen atoms in total. The lowest BCUT2D eigenvalue weighted by Gasteiger charge is -2.25. The van der Waals surface area contributed by atoms with Crippen molar-refractivity contribution in [3.8, 4) is 0 Å². The molecule has 0 heterocycles. The first-order valence-electron chi connectivity index (χ1n) is 22.9. The molecule has 0 aromatic heterocycles. The second kappa shape index (κ2) is 38.2. The summed E-state index contributed by atoms with van der Waals surface area (Å²) in [6.07, 6.45) is 50.3. The minimum Gasteiger partial charge on any atom is -0.348 e. The van der Waals surface area contributed by atoms with Crippen molar-refractivity contribution in [1.29, 1.82) is 0 Å². The Labute approximate surface area is 340 Å². The van der Waals surface area contributed by atoms with Crippen LogP contribution >= 0.6 is 0 Å². The summed E-state index contributed by atoms with van der Waals surface area (Å²) in [6, 6.07) is 20.8. The number of hydrogen-bond acceptors (Lipinski definition) is 3. The van der Waals surface area contributed by atoms with Crippen LogP contribution in [-0.4, -0.2) is 12.6 Å². The van der Waals surface area contributed by atoms with Crippen LogP contribution in [0.1, 0.15) is 192 Å². The van der Waals surface area contributed by atoms with Gasteiger partial charge < -0.3 is 14.2 Å². The van der Waals surface area contributed by atoms with Crippen LogP contribution in [0, 0.1) is 0 Å². The van der Waals surface area contributed by atoms with Crippen molar-refractivity contribution in [3.63, 3.8) is 0 Å². The highest BCUT2D eigenvalue weighted by Gasteiger charge is 2.18. The lowest BCUT2D eigenvalue weighted by atomic mass is 10.1. The zero-order valence-corrected chi connectivity index (χ0v) is 35.6. The first kappa shape index (κ1) is 48.4. The van der Waals surface area contributed by atoms with Crippen molar-refractivity contribution in [2.24, 2.45) is 0 Å². The molecule has 0 aliphatic heterocycles. The number of allylic oxidation sites excluding steroid dienone is 8. The molecular formula is C52H82O3. The molecule has 0 aliphatic carbocycles. The molecule has 0 aliphatic rings. The standard InChI is InChI=1S/C52H82O3/c1-3-5-7-9-11-13-15-17-19-21-23-25-27-29-31-39-45-51(53-47-49-41-35-33-36-42-49)55-52(54-48-50-43-37-34-38-44-50)46-40-32-30-28-26-24-22-20-18-16-14-12-10-8-6-4-2/h9-12,29-38,41-44,51-52H,3-8,13-28,39-40,45-48H2,1-2H3/b11-9-,12-10-,31-29-,32-30-. The maximum Gasteiger partial charge on any atom is 0.161 e. The zero-order chi connectivity index (χ0) is 39.0. The van der Waals surface area contributed by atoms with Gasteiger partial charge in [-0.05, 0) is 88.2 Å². The number of rotatable bonds is 38. The molecule has 0 bridgehead atoms. The van der Waals surface area contributed by atoms with Gasteiger partial charge in [0.05, 0.1) is 13.2 Å². The van der Waals surface area contributed by atoms with Crippen LogP contribution < -0.4 is 0 Å². The van der Waals surface area contributed by atoms with Gasteiger partial charge in [-0.1, -0.05) is 200 Å². The summed E-state index contributed by atoms with van der Waals surface area (Å²) in [5.41, 5.74) is 2.32. The predicted octanol–water partition coefficient (Wildman–Crippen LogP) is 16.5. The topological polar surface area (TPSA) is 27.7 Å². The molecule has 2 aromatic carbocycles. The predicted molar refractivity (Wildman–Crippen MR) is 239 cm³/mol. The fraction of sp³-hybridized carbons (Fsp3) is 0.615. The van der Waals surface area contributed by atoms with E-state index in [1.807, 2.05) is 12.1 Å². The fourth-order valence-electron chi connectivity index (χ4n) is 6.59. The van der Waals surface area contributed by atoms with Gasteiger partial charge in [0.15, 0.2) is 12.6 Å². The van der Waals surface area contributed by atoms with E-state index in [1.54, 1.807) is 0 Å². The summed E-state index contributed by atoms with van der Waals surface area (Å²) in [7, 11) is 0. The van der Waals surface area contributed by atoms with E-state index in [0.717, 1.165) is 49.7 Å². The lowest BCUT2D eigenvalue weighted by molar-refractivity contribution is -0.255. The number of benzene rings is 2. The Kier molecular flexibility index (Phi) is 33.6. The smallest absolute Gasteiger partial charge is 0.161 e. The van der Waals surface area contributed by atoms with Gasteiger partial charge in [0.1, 0.15) is 0 Å². The molecule has 2 atom stereocenters. The molecule has 0 fully saturated rings. The molecule has 0 saturated heterocycles. The summed E-state index contributed by atoms with van der Waals surface area (Å²) >= 11 is 0. The van der Waals surface area contributed by atoms with Gasteiger partial charge in [0, 0.05) is 12.8 Å². The van der Waals surface area contributed by atoms with E-state index < -0.39 is 0 Å². The molecule has 0 saturated carbocycles. The average molecular weight is 755 g/mol.